The molecular formula is C14H24N2O2S. The molecule has 0 aromatic heterocycles. The van der Waals surface area contributed by atoms with Gasteiger partial charge in [0.2, 0.25) is 10.0 Å². The average Bonchev–Trinajstić information content (AvgIpc) is 2.25. The lowest BCUT2D eigenvalue weighted by atomic mass is 10.1. The average molecular weight is 284 g/mol. The normalized spacial score (nSPS) is 13.5. The van der Waals surface area contributed by atoms with E-state index in [0.29, 0.717) is 11.4 Å². The molecule has 0 heterocycles. The maximum atomic E-state index is 12.5. The van der Waals surface area contributed by atoms with Gasteiger partial charge in [-0.25, -0.2) is 13.1 Å². The van der Waals surface area contributed by atoms with Crippen LogP contribution in [0.15, 0.2) is 17.0 Å². The van der Waals surface area contributed by atoms with E-state index >= 15 is 0 Å². The standard InChI is InChI=1S/C14H24N2O2S/c1-5-6-13(9-15)16-19(17,18)14-11(3)7-10(2)8-12(14)4/h7-8,13,16H,5-6,9,15H2,1-4H3. The van der Waals surface area contributed by atoms with Crippen molar-refractivity contribution in [3.05, 3.63) is 28.8 Å². The zero-order chi connectivity index (χ0) is 14.6. The molecule has 0 aliphatic rings. The summed E-state index contributed by atoms with van der Waals surface area (Å²) in [6, 6.07) is 3.58. The molecule has 0 spiro atoms. The second kappa shape index (κ2) is 6.50. The van der Waals surface area contributed by atoms with E-state index in [1.807, 2.05) is 39.8 Å². The van der Waals surface area contributed by atoms with E-state index in [2.05, 4.69) is 4.72 Å². The summed E-state index contributed by atoms with van der Waals surface area (Å²) in [5.74, 6) is 0. The highest BCUT2D eigenvalue weighted by atomic mass is 32.2. The molecule has 1 aromatic rings. The van der Waals surface area contributed by atoms with Gasteiger partial charge in [0, 0.05) is 12.6 Å². The molecule has 0 saturated carbocycles. The van der Waals surface area contributed by atoms with Crippen LogP contribution in [0.25, 0.3) is 0 Å². The molecule has 0 radical (unpaired) electrons. The summed E-state index contributed by atoms with van der Waals surface area (Å²) in [5, 5.41) is 0. The lowest BCUT2D eigenvalue weighted by molar-refractivity contribution is 0.526. The Kier molecular flexibility index (Phi) is 5.52. The molecule has 5 heteroatoms. The van der Waals surface area contributed by atoms with Crippen molar-refractivity contribution in [3.63, 3.8) is 0 Å². The summed E-state index contributed by atoms with van der Waals surface area (Å²) in [4.78, 5) is 0.382. The SMILES string of the molecule is CCCC(CN)NS(=O)(=O)c1c(C)cc(C)cc1C. The Hall–Kier alpha value is -0.910. The van der Waals surface area contributed by atoms with Crippen LogP contribution < -0.4 is 10.5 Å². The van der Waals surface area contributed by atoms with Gasteiger partial charge in [-0.15, -0.1) is 0 Å². The van der Waals surface area contributed by atoms with E-state index in [1.165, 1.54) is 0 Å². The molecule has 1 atom stereocenters. The lowest BCUT2D eigenvalue weighted by Gasteiger charge is -2.18. The van der Waals surface area contributed by atoms with Crippen LogP contribution in [0.2, 0.25) is 0 Å². The summed E-state index contributed by atoms with van der Waals surface area (Å²) in [5.41, 5.74) is 8.24. The minimum atomic E-state index is -3.50. The lowest BCUT2D eigenvalue weighted by Crippen LogP contribution is -2.40. The van der Waals surface area contributed by atoms with Gasteiger partial charge in [-0.1, -0.05) is 31.0 Å². The van der Waals surface area contributed by atoms with Gasteiger partial charge < -0.3 is 5.73 Å². The minimum absolute atomic E-state index is 0.199. The second-order valence-corrected chi connectivity index (χ2v) is 6.72. The Morgan fingerprint density at radius 1 is 1.21 bits per heavy atom. The molecule has 1 unspecified atom stereocenters. The third-order valence-corrected chi connectivity index (χ3v) is 4.94. The molecule has 0 aliphatic heterocycles. The summed E-state index contributed by atoms with van der Waals surface area (Å²) in [7, 11) is -3.50. The smallest absolute Gasteiger partial charge is 0.241 e. The molecule has 1 aromatic carbocycles. The molecule has 0 aliphatic carbocycles. The first-order chi connectivity index (χ1) is 8.81. The number of sulfonamides is 1. The van der Waals surface area contributed by atoms with Crippen molar-refractivity contribution in [2.24, 2.45) is 5.73 Å². The maximum Gasteiger partial charge on any atom is 0.241 e. The third-order valence-electron chi connectivity index (χ3n) is 3.12. The molecule has 19 heavy (non-hydrogen) atoms. The first-order valence-corrected chi connectivity index (χ1v) is 8.10. The van der Waals surface area contributed by atoms with Crippen molar-refractivity contribution in [3.8, 4) is 0 Å². The van der Waals surface area contributed by atoms with Crippen LogP contribution in [-0.4, -0.2) is 21.0 Å². The Morgan fingerprint density at radius 2 is 1.74 bits per heavy atom. The quantitative estimate of drug-likeness (QED) is 0.839. The number of nitrogens with two attached hydrogens (primary N) is 1. The van der Waals surface area contributed by atoms with Crippen molar-refractivity contribution in [2.75, 3.05) is 6.54 Å². The largest absolute Gasteiger partial charge is 0.329 e. The van der Waals surface area contributed by atoms with E-state index in [-0.39, 0.29) is 6.04 Å². The van der Waals surface area contributed by atoms with E-state index in [0.717, 1.165) is 29.5 Å². The van der Waals surface area contributed by atoms with E-state index in [9.17, 15) is 8.42 Å². The predicted molar refractivity (Wildman–Crippen MR) is 78.7 cm³/mol. The van der Waals surface area contributed by atoms with Crippen molar-refractivity contribution in [1.82, 2.24) is 4.72 Å². The van der Waals surface area contributed by atoms with E-state index in [4.69, 9.17) is 5.73 Å². The highest BCUT2D eigenvalue weighted by Crippen LogP contribution is 2.22. The Bertz CT molecular complexity index is 515. The number of nitrogens with one attached hydrogen (secondary N) is 1. The topological polar surface area (TPSA) is 72.2 Å². The van der Waals surface area contributed by atoms with Crippen LogP contribution in [-0.2, 0) is 10.0 Å². The Morgan fingerprint density at radius 3 is 2.16 bits per heavy atom. The van der Waals surface area contributed by atoms with Crippen molar-refractivity contribution in [2.45, 2.75) is 51.5 Å². The minimum Gasteiger partial charge on any atom is -0.329 e. The number of aryl methyl sites for hydroxylation is 3. The first kappa shape index (κ1) is 16.1. The fourth-order valence-corrected chi connectivity index (χ4v) is 4.18. The highest BCUT2D eigenvalue weighted by molar-refractivity contribution is 7.89. The molecule has 4 nitrogen and oxygen atoms in total. The zero-order valence-electron chi connectivity index (χ0n) is 12.2. The van der Waals surface area contributed by atoms with E-state index < -0.39 is 10.0 Å². The molecule has 0 fully saturated rings. The van der Waals surface area contributed by atoms with Gasteiger partial charge in [-0.05, 0) is 38.3 Å². The molecule has 108 valence electrons. The van der Waals surface area contributed by atoms with Crippen LogP contribution in [0.1, 0.15) is 36.5 Å². The molecule has 1 rings (SSSR count). The van der Waals surface area contributed by atoms with Crippen LogP contribution in [0.5, 0.6) is 0 Å². The molecule has 0 bridgehead atoms. The third kappa shape index (κ3) is 4.03. The summed E-state index contributed by atoms with van der Waals surface area (Å²) in [6.45, 7) is 7.94. The van der Waals surface area contributed by atoms with Crippen LogP contribution in [0.3, 0.4) is 0 Å². The number of benzene rings is 1. The highest BCUT2D eigenvalue weighted by Gasteiger charge is 2.22. The van der Waals surface area contributed by atoms with Crippen LogP contribution in [0.4, 0.5) is 0 Å². The molecule has 3 N–H and O–H groups in total. The van der Waals surface area contributed by atoms with Crippen molar-refractivity contribution < 1.29 is 8.42 Å². The van der Waals surface area contributed by atoms with Gasteiger partial charge in [0.25, 0.3) is 0 Å². The fourth-order valence-electron chi connectivity index (χ4n) is 2.44. The van der Waals surface area contributed by atoms with E-state index in [1.54, 1.807) is 0 Å². The number of hydrogen-bond donors (Lipinski definition) is 2. The van der Waals surface area contributed by atoms with Gasteiger partial charge in [0.05, 0.1) is 4.90 Å². The molecular weight excluding hydrogens is 260 g/mol. The van der Waals surface area contributed by atoms with Gasteiger partial charge in [-0.2, -0.15) is 0 Å². The number of rotatable bonds is 6. The van der Waals surface area contributed by atoms with Crippen molar-refractivity contribution in [1.29, 1.82) is 0 Å². The Balaban J connectivity index is 3.14. The second-order valence-electron chi connectivity index (χ2n) is 5.07. The summed E-state index contributed by atoms with van der Waals surface area (Å²) in [6.07, 6.45) is 1.65. The van der Waals surface area contributed by atoms with Gasteiger partial charge in [-0.3, -0.25) is 0 Å². The van der Waals surface area contributed by atoms with Crippen molar-refractivity contribution >= 4 is 10.0 Å². The van der Waals surface area contributed by atoms with Crippen LogP contribution >= 0.6 is 0 Å². The van der Waals surface area contributed by atoms with Crippen LogP contribution in [0, 0.1) is 20.8 Å². The van der Waals surface area contributed by atoms with Gasteiger partial charge in [0.1, 0.15) is 0 Å². The summed E-state index contributed by atoms with van der Waals surface area (Å²) >= 11 is 0. The maximum absolute atomic E-state index is 12.5. The fraction of sp³-hybridized carbons (Fsp3) is 0.571. The van der Waals surface area contributed by atoms with Gasteiger partial charge in [0.15, 0.2) is 0 Å². The zero-order valence-corrected chi connectivity index (χ0v) is 13.0. The Labute approximate surface area is 116 Å². The molecule has 0 amide bonds. The monoisotopic (exact) mass is 284 g/mol. The predicted octanol–water partition coefficient (Wildman–Crippen LogP) is 2.02. The van der Waals surface area contributed by atoms with Gasteiger partial charge >= 0.3 is 0 Å². The first-order valence-electron chi connectivity index (χ1n) is 6.62. The molecule has 0 saturated heterocycles. The number of hydrogen-bond acceptors (Lipinski definition) is 3. The summed E-state index contributed by atoms with van der Waals surface area (Å²) < 4.78 is 27.6.